The van der Waals surface area contributed by atoms with Crippen molar-refractivity contribution < 1.29 is 18.7 Å². The van der Waals surface area contributed by atoms with Crippen molar-refractivity contribution >= 4 is 29.2 Å². The first-order chi connectivity index (χ1) is 12.0. The van der Waals surface area contributed by atoms with Crippen molar-refractivity contribution in [2.75, 3.05) is 18.1 Å². The van der Waals surface area contributed by atoms with Crippen molar-refractivity contribution in [2.24, 2.45) is 0 Å². The number of halogens is 2. The molecule has 0 aliphatic carbocycles. The average Bonchev–Trinajstić information content (AvgIpc) is 2.63. The molecule has 0 N–H and O–H groups in total. The molecule has 0 saturated carbocycles. The predicted octanol–water partition coefficient (Wildman–Crippen LogP) is 3.58. The number of anilines is 1. The van der Waals surface area contributed by atoms with Crippen LogP contribution in [-0.4, -0.2) is 25.0 Å². The second-order valence-electron chi connectivity index (χ2n) is 4.99. The summed E-state index contributed by atoms with van der Waals surface area (Å²) in [5.41, 5.74) is 0.233. The summed E-state index contributed by atoms with van der Waals surface area (Å²) in [6.45, 7) is -0.423. The molecule has 0 atom stereocenters. The molecule has 0 spiro atoms. The lowest BCUT2D eigenvalue weighted by atomic mass is 10.2. The van der Waals surface area contributed by atoms with Gasteiger partial charge in [0.1, 0.15) is 5.82 Å². The minimum Gasteiger partial charge on any atom is -0.452 e. The van der Waals surface area contributed by atoms with Crippen LogP contribution in [0.3, 0.4) is 0 Å². The van der Waals surface area contributed by atoms with Crippen LogP contribution < -0.4 is 4.90 Å². The van der Waals surface area contributed by atoms with Crippen molar-refractivity contribution in [3.63, 3.8) is 0 Å². The van der Waals surface area contributed by atoms with Crippen LogP contribution in [0.4, 0.5) is 10.1 Å². The molecule has 7 heteroatoms. The molecule has 128 valence electrons. The maximum Gasteiger partial charge on any atom is 0.341 e. The Balaban J connectivity index is 2.07. The second kappa shape index (κ2) is 8.81. The van der Waals surface area contributed by atoms with Crippen LogP contribution in [0.1, 0.15) is 16.8 Å². The number of hydrogen-bond acceptors (Lipinski definition) is 4. The Hall–Kier alpha value is -2.91. The van der Waals surface area contributed by atoms with E-state index in [1.807, 2.05) is 6.07 Å². The highest BCUT2D eigenvalue weighted by atomic mass is 35.5. The van der Waals surface area contributed by atoms with E-state index in [2.05, 4.69) is 0 Å². The van der Waals surface area contributed by atoms with Crippen LogP contribution in [0.5, 0.6) is 0 Å². The fourth-order valence-corrected chi connectivity index (χ4v) is 2.28. The normalized spacial score (nSPS) is 9.96. The van der Waals surface area contributed by atoms with E-state index in [0.29, 0.717) is 5.69 Å². The molecule has 0 saturated heterocycles. The van der Waals surface area contributed by atoms with Crippen LogP contribution in [0.2, 0.25) is 5.02 Å². The molecule has 5 nitrogen and oxygen atoms in total. The lowest BCUT2D eigenvalue weighted by Crippen LogP contribution is -2.35. The molecule has 0 bridgehead atoms. The highest BCUT2D eigenvalue weighted by Crippen LogP contribution is 2.17. The zero-order chi connectivity index (χ0) is 18.2. The van der Waals surface area contributed by atoms with Crippen molar-refractivity contribution in [3.05, 3.63) is 64.9 Å². The fraction of sp³-hybridized carbons (Fsp3) is 0.167. The number of carbonyl (C=O) groups excluding carboxylic acids is 2. The van der Waals surface area contributed by atoms with Gasteiger partial charge < -0.3 is 9.64 Å². The summed E-state index contributed by atoms with van der Waals surface area (Å²) in [6, 6.07) is 14.1. The van der Waals surface area contributed by atoms with E-state index in [9.17, 15) is 14.0 Å². The average molecular weight is 361 g/mol. The van der Waals surface area contributed by atoms with Crippen LogP contribution >= 0.6 is 11.6 Å². The molecular weight excluding hydrogens is 347 g/mol. The first-order valence-electron chi connectivity index (χ1n) is 7.37. The minimum absolute atomic E-state index is 0.123. The van der Waals surface area contributed by atoms with Crippen LogP contribution in [0, 0.1) is 17.1 Å². The molecule has 25 heavy (non-hydrogen) atoms. The van der Waals surface area contributed by atoms with Gasteiger partial charge in [-0.05, 0) is 30.3 Å². The largest absolute Gasteiger partial charge is 0.452 e. The number of ether oxygens (including phenoxy) is 1. The number of carbonyl (C=O) groups is 2. The van der Waals surface area contributed by atoms with E-state index in [0.717, 1.165) is 12.1 Å². The monoisotopic (exact) mass is 360 g/mol. The molecule has 2 aromatic rings. The molecule has 0 heterocycles. The first-order valence-corrected chi connectivity index (χ1v) is 7.75. The zero-order valence-electron chi connectivity index (χ0n) is 13.1. The van der Waals surface area contributed by atoms with Crippen molar-refractivity contribution in [1.29, 1.82) is 5.26 Å². The molecule has 0 aliphatic heterocycles. The van der Waals surface area contributed by atoms with Gasteiger partial charge in [-0.25, -0.2) is 9.18 Å². The smallest absolute Gasteiger partial charge is 0.341 e. The lowest BCUT2D eigenvalue weighted by molar-refractivity contribution is -0.121. The minimum atomic E-state index is -0.985. The number of amides is 1. The third-order valence-electron chi connectivity index (χ3n) is 3.29. The van der Waals surface area contributed by atoms with Gasteiger partial charge in [0.05, 0.1) is 18.1 Å². The van der Waals surface area contributed by atoms with E-state index in [4.69, 9.17) is 21.6 Å². The Bertz CT molecular complexity index is 806. The van der Waals surface area contributed by atoms with Crippen LogP contribution in [0.15, 0.2) is 48.5 Å². The highest BCUT2D eigenvalue weighted by Gasteiger charge is 2.19. The van der Waals surface area contributed by atoms with E-state index >= 15 is 0 Å². The highest BCUT2D eigenvalue weighted by molar-refractivity contribution is 6.30. The zero-order valence-corrected chi connectivity index (χ0v) is 13.9. The van der Waals surface area contributed by atoms with Gasteiger partial charge >= 0.3 is 5.97 Å². The molecule has 0 unspecified atom stereocenters. The van der Waals surface area contributed by atoms with Crippen LogP contribution in [-0.2, 0) is 9.53 Å². The van der Waals surface area contributed by atoms with Gasteiger partial charge in [0.15, 0.2) is 6.61 Å². The summed E-state index contributed by atoms with van der Waals surface area (Å²) in [7, 11) is 0. The Morgan fingerprint density at radius 2 is 1.92 bits per heavy atom. The van der Waals surface area contributed by atoms with Crippen LogP contribution in [0.25, 0.3) is 0 Å². The summed E-state index contributed by atoms with van der Waals surface area (Å²) in [6.07, 6.45) is 0.123. The summed E-state index contributed by atoms with van der Waals surface area (Å²) in [4.78, 5) is 25.6. The van der Waals surface area contributed by atoms with Crippen molar-refractivity contribution in [2.45, 2.75) is 6.42 Å². The topological polar surface area (TPSA) is 70.4 Å². The Labute approximate surface area is 149 Å². The third-order valence-corrected chi connectivity index (χ3v) is 3.53. The van der Waals surface area contributed by atoms with E-state index < -0.39 is 24.3 Å². The first kappa shape index (κ1) is 18.4. The molecule has 0 aliphatic rings. The quantitative estimate of drug-likeness (QED) is 0.738. The molecule has 0 aromatic heterocycles. The molecule has 2 aromatic carbocycles. The Kier molecular flexibility index (Phi) is 6.49. The summed E-state index contributed by atoms with van der Waals surface area (Å²) < 4.78 is 18.5. The number of para-hydroxylation sites is 1. The standard InChI is InChI=1S/C18H14ClFN2O3/c19-13-7-8-16(20)15(11-13)18(24)25-12-17(23)22(10-4-9-21)14-5-2-1-3-6-14/h1-3,5-8,11H,4,10,12H2. The summed E-state index contributed by atoms with van der Waals surface area (Å²) >= 11 is 5.73. The van der Waals surface area contributed by atoms with E-state index in [-0.39, 0.29) is 23.6 Å². The van der Waals surface area contributed by atoms with E-state index in [1.54, 1.807) is 30.3 Å². The molecule has 0 radical (unpaired) electrons. The predicted molar refractivity (Wildman–Crippen MR) is 90.7 cm³/mol. The van der Waals surface area contributed by atoms with Gasteiger partial charge in [0.25, 0.3) is 5.91 Å². The number of rotatable bonds is 6. The molecular formula is C18H14ClFN2O3. The van der Waals surface area contributed by atoms with E-state index in [1.165, 1.54) is 11.0 Å². The second-order valence-corrected chi connectivity index (χ2v) is 5.43. The van der Waals surface area contributed by atoms with Crippen molar-refractivity contribution in [1.82, 2.24) is 0 Å². The SMILES string of the molecule is N#CCCN(C(=O)COC(=O)c1cc(Cl)ccc1F)c1ccccc1. The van der Waals surface area contributed by atoms with Gasteiger partial charge in [-0.3, -0.25) is 4.79 Å². The maximum absolute atomic E-state index is 13.6. The fourth-order valence-electron chi connectivity index (χ4n) is 2.10. The van der Waals surface area contributed by atoms with Gasteiger partial charge in [-0.2, -0.15) is 5.26 Å². The molecule has 2 rings (SSSR count). The van der Waals surface area contributed by atoms with Gasteiger partial charge in [-0.1, -0.05) is 29.8 Å². The molecule has 0 fully saturated rings. The maximum atomic E-state index is 13.6. The van der Waals surface area contributed by atoms with Crippen molar-refractivity contribution in [3.8, 4) is 6.07 Å². The van der Waals surface area contributed by atoms with Gasteiger partial charge in [-0.15, -0.1) is 0 Å². The number of nitrogens with zero attached hydrogens (tertiary/aromatic N) is 2. The number of nitriles is 1. The summed E-state index contributed by atoms with van der Waals surface area (Å²) in [5.74, 6) is -2.29. The van der Waals surface area contributed by atoms with Gasteiger partial charge in [0, 0.05) is 17.3 Å². The lowest BCUT2D eigenvalue weighted by Gasteiger charge is -2.21. The number of esters is 1. The molecule has 1 amide bonds. The van der Waals surface area contributed by atoms with Gasteiger partial charge in [0.2, 0.25) is 0 Å². The number of benzene rings is 2. The summed E-state index contributed by atoms with van der Waals surface area (Å²) in [5, 5.41) is 8.92. The Morgan fingerprint density at radius 3 is 2.60 bits per heavy atom. The third kappa shape index (κ3) is 5.03. The Morgan fingerprint density at radius 1 is 1.20 bits per heavy atom. The number of hydrogen-bond donors (Lipinski definition) is 0.